The van der Waals surface area contributed by atoms with E-state index in [0.29, 0.717) is 0 Å². The van der Waals surface area contributed by atoms with Gasteiger partial charge in [-0.25, -0.2) is 9.59 Å². The number of rotatable bonds is 9. The zero-order chi connectivity index (χ0) is 30.2. The second-order valence-electron chi connectivity index (χ2n) is 11.2. The molecule has 10 nitrogen and oxygen atoms in total. The van der Waals surface area contributed by atoms with Gasteiger partial charge in [-0.1, -0.05) is 60.7 Å². The van der Waals surface area contributed by atoms with Gasteiger partial charge in [0, 0.05) is 20.1 Å². The zero-order valence-corrected chi connectivity index (χ0v) is 24.6. The number of methoxy groups -OCH3 is 2. The van der Waals surface area contributed by atoms with Crippen LogP contribution in [0, 0.1) is 17.8 Å². The van der Waals surface area contributed by atoms with Crippen molar-refractivity contribution in [1.29, 1.82) is 0 Å². The van der Waals surface area contributed by atoms with Crippen LogP contribution in [0.5, 0.6) is 0 Å². The van der Waals surface area contributed by atoms with Crippen molar-refractivity contribution in [3.8, 4) is 0 Å². The highest BCUT2D eigenvalue weighted by Gasteiger charge is 2.54. The summed E-state index contributed by atoms with van der Waals surface area (Å²) in [5, 5.41) is 0. The third-order valence-electron chi connectivity index (χ3n) is 7.08. The van der Waals surface area contributed by atoms with E-state index in [-0.39, 0.29) is 26.1 Å². The fraction of sp³-hybridized carbons (Fsp3) is 0.484. The van der Waals surface area contributed by atoms with E-state index < -0.39 is 53.5 Å². The molecule has 0 saturated heterocycles. The molecule has 0 bridgehead atoms. The second kappa shape index (κ2) is 14.0. The van der Waals surface area contributed by atoms with Crippen molar-refractivity contribution < 1.29 is 38.1 Å². The molecule has 41 heavy (non-hydrogen) atoms. The summed E-state index contributed by atoms with van der Waals surface area (Å²) >= 11 is 0. The molecular weight excluding hydrogens is 528 g/mol. The summed E-state index contributed by atoms with van der Waals surface area (Å²) in [7, 11) is 4.01. The summed E-state index contributed by atoms with van der Waals surface area (Å²) in [5.41, 5.74) is 0.913. The van der Waals surface area contributed by atoms with Crippen molar-refractivity contribution in [2.45, 2.75) is 52.0 Å². The Morgan fingerprint density at radius 2 is 1.39 bits per heavy atom. The lowest BCUT2D eigenvalue weighted by atomic mass is 9.92. The van der Waals surface area contributed by atoms with Crippen LogP contribution >= 0.6 is 0 Å². The Morgan fingerprint density at radius 3 is 1.93 bits per heavy atom. The van der Waals surface area contributed by atoms with E-state index >= 15 is 0 Å². The number of benzene rings is 2. The number of amides is 2. The van der Waals surface area contributed by atoms with Crippen LogP contribution in [0.4, 0.5) is 9.59 Å². The number of ether oxygens (including phenoxy) is 4. The molecule has 4 atom stereocenters. The van der Waals surface area contributed by atoms with Gasteiger partial charge in [0.25, 0.3) is 0 Å². The molecule has 1 aliphatic rings. The maximum atomic E-state index is 13.5. The fourth-order valence-corrected chi connectivity index (χ4v) is 5.27. The van der Waals surface area contributed by atoms with Crippen molar-refractivity contribution in [3.05, 3.63) is 71.8 Å². The quantitative estimate of drug-likeness (QED) is 0.317. The number of hydrogen-bond acceptors (Lipinski definition) is 8. The van der Waals surface area contributed by atoms with E-state index in [9.17, 15) is 19.2 Å². The fourth-order valence-electron chi connectivity index (χ4n) is 5.27. The molecule has 0 spiro atoms. The largest absolute Gasteiger partial charge is 0.469 e. The minimum atomic E-state index is -1.02. The maximum Gasteiger partial charge on any atom is 0.410 e. The summed E-state index contributed by atoms with van der Waals surface area (Å²) in [6.07, 6.45) is -1.04. The number of nitrogens with zero attached hydrogens (tertiary/aromatic N) is 2. The molecule has 2 amide bonds. The molecule has 0 aromatic heterocycles. The normalized spacial score (nSPS) is 20.0. The predicted molar refractivity (Wildman–Crippen MR) is 150 cm³/mol. The Kier molecular flexibility index (Phi) is 10.7. The van der Waals surface area contributed by atoms with Gasteiger partial charge in [0.1, 0.15) is 12.2 Å². The molecule has 1 fully saturated rings. The Labute approximate surface area is 241 Å². The van der Waals surface area contributed by atoms with E-state index in [1.165, 1.54) is 31.1 Å². The van der Waals surface area contributed by atoms with E-state index in [2.05, 4.69) is 0 Å². The molecule has 0 N–H and O–H groups in total. The lowest BCUT2D eigenvalue weighted by molar-refractivity contribution is -0.157. The summed E-state index contributed by atoms with van der Waals surface area (Å²) in [6, 6.07) is 17.9. The topological polar surface area (TPSA) is 112 Å². The van der Waals surface area contributed by atoms with Crippen LogP contribution in [0.15, 0.2) is 60.7 Å². The molecule has 1 aliphatic carbocycles. The van der Waals surface area contributed by atoms with Crippen LogP contribution in [0.1, 0.15) is 38.3 Å². The highest BCUT2D eigenvalue weighted by Crippen LogP contribution is 2.42. The number of carbonyl (C=O) groups is 4. The van der Waals surface area contributed by atoms with Crippen LogP contribution in [0.3, 0.4) is 0 Å². The third kappa shape index (κ3) is 8.45. The van der Waals surface area contributed by atoms with Gasteiger partial charge in [0.2, 0.25) is 0 Å². The molecule has 1 unspecified atom stereocenters. The van der Waals surface area contributed by atoms with Gasteiger partial charge in [-0.05, 0) is 44.2 Å². The first kappa shape index (κ1) is 31.4. The van der Waals surface area contributed by atoms with Gasteiger partial charge in [-0.2, -0.15) is 0 Å². The highest BCUT2D eigenvalue weighted by atomic mass is 16.6. The van der Waals surface area contributed by atoms with Gasteiger partial charge >= 0.3 is 24.1 Å². The van der Waals surface area contributed by atoms with Gasteiger partial charge in [0.15, 0.2) is 0 Å². The average Bonchev–Trinajstić information content (AvgIpc) is 3.33. The third-order valence-corrected chi connectivity index (χ3v) is 7.08. The first-order chi connectivity index (χ1) is 19.4. The molecule has 0 aliphatic heterocycles. The van der Waals surface area contributed by atoms with E-state index in [4.69, 9.17) is 18.9 Å². The summed E-state index contributed by atoms with van der Waals surface area (Å²) in [6.45, 7) is 5.62. The summed E-state index contributed by atoms with van der Waals surface area (Å²) in [5.74, 6) is -3.65. The lowest BCUT2D eigenvalue weighted by Crippen LogP contribution is -2.51. The number of esters is 2. The molecule has 2 aromatic carbocycles. The summed E-state index contributed by atoms with van der Waals surface area (Å²) in [4.78, 5) is 55.4. The van der Waals surface area contributed by atoms with Crippen molar-refractivity contribution >= 4 is 24.1 Å². The minimum absolute atomic E-state index is 0.0758. The Bertz CT molecular complexity index is 1180. The number of carbonyl (C=O) groups excluding carboxylic acids is 4. The zero-order valence-electron chi connectivity index (χ0n) is 24.6. The molecule has 0 radical (unpaired) electrons. The van der Waals surface area contributed by atoms with Gasteiger partial charge in [-0.3, -0.25) is 9.59 Å². The van der Waals surface area contributed by atoms with Crippen LogP contribution in [-0.2, 0) is 41.7 Å². The monoisotopic (exact) mass is 568 g/mol. The molecular formula is C31H40N2O8. The molecule has 222 valence electrons. The van der Waals surface area contributed by atoms with Gasteiger partial charge < -0.3 is 28.7 Å². The second-order valence-corrected chi connectivity index (χ2v) is 11.2. The summed E-state index contributed by atoms with van der Waals surface area (Å²) < 4.78 is 21.4. The van der Waals surface area contributed by atoms with Gasteiger partial charge in [0.05, 0.1) is 32.1 Å². The lowest BCUT2D eigenvalue weighted by Gasteiger charge is -2.36. The molecule has 10 heteroatoms. The van der Waals surface area contributed by atoms with Crippen molar-refractivity contribution in [1.82, 2.24) is 9.80 Å². The number of hydrogen-bond donors (Lipinski definition) is 0. The van der Waals surface area contributed by atoms with Crippen molar-refractivity contribution in [3.63, 3.8) is 0 Å². The Hall–Kier alpha value is -4.08. The van der Waals surface area contributed by atoms with E-state index in [0.717, 1.165) is 11.1 Å². The minimum Gasteiger partial charge on any atom is -0.469 e. The van der Waals surface area contributed by atoms with Crippen LogP contribution in [0.25, 0.3) is 0 Å². The highest BCUT2D eigenvalue weighted by molar-refractivity contribution is 5.84. The van der Waals surface area contributed by atoms with Crippen molar-refractivity contribution in [2.75, 3.05) is 27.8 Å². The first-order valence-corrected chi connectivity index (χ1v) is 13.6. The van der Waals surface area contributed by atoms with E-state index in [1.54, 1.807) is 20.8 Å². The standard InChI is InChI=1S/C31H40N2O8/c1-31(2,3)41-29(36)32(4)26-23(17-24(27(34)38-5)25(26)28(35)39-6)19-33(18-21-13-9-7-10-14-21)30(37)40-20-22-15-11-8-12-16-22/h7-16,23-26H,17-20H2,1-6H3/t23-,24?,25-,26-/m0/s1. The molecule has 3 rings (SSSR count). The van der Waals surface area contributed by atoms with E-state index in [1.807, 2.05) is 60.7 Å². The van der Waals surface area contributed by atoms with Crippen LogP contribution in [-0.4, -0.2) is 73.4 Å². The van der Waals surface area contributed by atoms with Crippen molar-refractivity contribution in [2.24, 2.45) is 17.8 Å². The molecule has 2 aromatic rings. The Morgan fingerprint density at radius 1 is 0.829 bits per heavy atom. The van der Waals surface area contributed by atoms with Crippen LogP contribution in [0.2, 0.25) is 0 Å². The molecule has 1 saturated carbocycles. The van der Waals surface area contributed by atoms with Gasteiger partial charge in [-0.15, -0.1) is 0 Å². The Balaban J connectivity index is 1.96. The average molecular weight is 569 g/mol. The maximum absolute atomic E-state index is 13.5. The SMILES string of the molecule is COC(=O)C1C[C@@H](CN(Cc2ccccc2)C(=O)OCc2ccccc2)[C@H](N(C)C(=O)OC(C)(C)C)[C@H]1C(=O)OC. The first-order valence-electron chi connectivity index (χ1n) is 13.6. The van der Waals surface area contributed by atoms with Crippen LogP contribution < -0.4 is 0 Å². The predicted octanol–water partition coefficient (Wildman–Crippen LogP) is 4.66. The molecule has 0 heterocycles. The smallest absolute Gasteiger partial charge is 0.410 e.